The number of hydrogen-bond donors (Lipinski definition) is 1. The van der Waals surface area contributed by atoms with Crippen molar-refractivity contribution in [3.05, 3.63) is 132 Å². The fourth-order valence-electron chi connectivity index (χ4n) is 4.34. The van der Waals surface area contributed by atoms with Crippen molar-refractivity contribution in [2.45, 2.75) is 6.92 Å². The number of aliphatic imine (C=N–C) groups is 1. The zero-order chi connectivity index (χ0) is 22.6. The highest BCUT2D eigenvalue weighted by Crippen LogP contribution is 2.31. The summed E-state index contributed by atoms with van der Waals surface area (Å²) in [5.74, 6) is 0. The lowest BCUT2D eigenvalue weighted by Gasteiger charge is -2.17. The summed E-state index contributed by atoms with van der Waals surface area (Å²) in [5.41, 5.74) is 6.53. The van der Waals surface area contributed by atoms with Crippen LogP contribution in [0.2, 0.25) is 0 Å². The van der Waals surface area contributed by atoms with Gasteiger partial charge in [0.05, 0.1) is 5.71 Å². The molecule has 0 aliphatic heterocycles. The van der Waals surface area contributed by atoms with Crippen LogP contribution in [0.25, 0.3) is 27.2 Å². The standard InChI is InChI=1S/C31H26N2/c1-22-19-20-24-12-7-9-17-27(24)31(22)33-29(25-13-4-3-5-14-25)21-30(32-2)28-18-10-15-23-11-6-8-16-26(23)28/h3-21,33H,1-2H3/b29-21-,32-30?. The maximum Gasteiger partial charge on any atom is 0.0670 e. The molecular formula is C31H26N2. The van der Waals surface area contributed by atoms with Crippen molar-refractivity contribution in [3.63, 3.8) is 0 Å². The molecule has 0 spiro atoms. The largest absolute Gasteiger partial charge is 0.354 e. The lowest BCUT2D eigenvalue weighted by atomic mass is 9.98. The van der Waals surface area contributed by atoms with E-state index < -0.39 is 0 Å². The normalized spacial score (nSPS) is 12.3. The molecule has 0 radical (unpaired) electrons. The van der Waals surface area contributed by atoms with E-state index in [-0.39, 0.29) is 0 Å². The fourth-order valence-corrected chi connectivity index (χ4v) is 4.34. The van der Waals surface area contributed by atoms with Gasteiger partial charge in [-0.15, -0.1) is 0 Å². The Labute approximate surface area is 194 Å². The highest BCUT2D eigenvalue weighted by Gasteiger charge is 2.12. The summed E-state index contributed by atoms with van der Waals surface area (Å²) in [4.78, 5) is 4.70. The van der Waals surface area contributed by atoms with Gasteiger partial charge in [-0.3, -0.25) is 4.99 Å². The van der Waals surface area contributed by atoms with E-state index in [0.717, 1.165) is 28.2 Å². The lowest BCUT2D eigenvalue weighted by molar-refractivity contribution is 1.43. The monoisotopic (exact) mass is 426 g/mol. The molecule has 33 heavy (non-hydrogen) atoms. The van der Waals surface area contributed by atoms with Crippen LogP contribution < -0.4 is 5.32 Å². The van der Waals surface area contributed by atoms with Crippen LogP contribution in [-0.4, -0.2) is 12.8 Å². The minimum atomic E-state index is 0.941. The molecule has 5 aromatic carbocycles. The van der Waals surface area contributed by atoms with Crippen LogP contribution in [0.5, 0.6) is 0 Å². The van der Waals surface area contributed by atoms with E-state index in [1.54, 1.807) is 0 Å². The van der Waals surface area contributed by atoms with E-state index in [1.165, 1.54) is 27.1 Å². The van der Waals surface area contributed by atoms with Gasteiger partial charge in [0.25, 0.3) is 0 Å². The molecule has 0 unspecified atom stereocenters. The Bertz CT molecular complexity index is 1490. The average molecular weight is 427 g/mol. The van der Waals surface area contributed by atoms with E-state index in [1.807, 2.05) is 13.1 Å². The van der Waals surface area contributed by atoms with Crippen LogP contribution in [0, 0.1) is 6.92 Å². The van der Waals surface area contributed by atoms with Crippen molar-refractivity contribution in [1.29, 1.82) is 0 Å². The number of aryl methyl sites for hydroxylation is 1. The number of nitrogens with one attached hydrogen (secondary N) is 1. The van der Waals surface area contributed by atoms with Gasteiger partial charge in [-0.25, -0.2) is 0 Å². The number of nitrogens with zero attached hydrogens (tertiary/aromatic N) is 1. The minimum absolute atomic E-state index is 0.941. The molecule has 0 bridgehead atoms. The molecule has 5 rings (SSSR count). The first kappa shape index (κ1) is 20.7. The van der Waals surface area contributed by atoms with Gasteiger partial charge >= 0.3 is 0 Å². The summed E-state index contributed by atoms with van der Waals surface area (Å²) in [7, 11) is 1.86. The van der Waals surface area contributed by atoms with E-state index in [9.17, 15) is 0 Å². The Kier molecular flexibility index (Phi) is 5.73. The number of allylic oxidation sites excluding steroid dienone is 1. The zero-order valence-electron chi connectivity index (χ0n) is 18.9. The zero-order valence-corrected chi connectivity index (χ0v) is 18.9. The van der Waals surface area contributed by atoms with Gasteiger partial charge < -0.3 is 5.32 Å². The predicted octanol–water partition coefficient (Wildman–Crippen LogP) is 7.87. The molecule has 0 aromatic heterocycles. The molecule has 0 fully saturated rings. The molecule has 0 atom stereocenters. The second-order valence-corrected chi connectivity index (χ2v) is 8.16. The van der Waals surface area contributed by atoms with E-state index in [0.29, 0.717) is 0 Å². The third kappa shape index (κ3) is 4.16. The van der Waals surface area contributed by atoms with Gasteiger partial charge in [-0.2, -0.15) is 0 Å². The molecule has 160 valence electrons. The summed E-state index contributed by atoms with van der Waals surface area (Å²) >= 11 is 0. The number of hydrogen-bond acceptors (Lipinski definition) is 2. The summed E-state index contributed by atoms with van der Waals surface area (Å²) in [6.07, 6.45) is 2.16. The van der Waals surface area contributed by atoms with Crippen LogP contribution in [0.15, 0.2) is 120 Å². The van der Waals surface area contributed by atoms with Gasteiger partial charge in [0.15, 0.2) is 0 Å². The molecule has 0 saturated carbocycles. The van der Waals surface area contributed by atoms with E-state index in [4.69, 9.17) is 4.99 Å². The number of anilines is 1. The quantitative estimate of drug-likeness (QED) is 0.284. The van der Waals surface area contributed by atoms with Crippen LogP contribution >= 0.6 is 0 Å². The van der Waals surface area contributed by atoms with Gasteiger partial charge in [0.1, 0.15) is 0 Å². The second-order valence-electron chi connectivity index (χ2n) is 8.16. The van der Waals surface area contributed by atoms with Gasteiger partial charge in [-0.1, -0.05) is 109 Å². The predicted molar refractivity (Wildman–Crippen MR) is 143 cm³/mol. The third-order valence-electron chi connectivity index (χ3n) is 6.07. The highest BCUT2D eigenvalue weighted by molar-refractivity contribution is 6.19. The van der Waals surface area contributed by atoms with Crippen LogP contribution in [0.1, 0.15) is 16.7 Å². The molecule has 0 aliphatic carbocycles. The van der Waals surface area contributed by atoms with E-state index >= 15 is 0 Å². The Morgan fingerprint density at radius 1 is 0.667 bits per heavy atom. The van der Waals surface area contributed by atoms with Gasteiger partial charge in [0, 0.05) is 29.4 Å². The van der Waals surface area contributed by atoms with E-state index in [2.05, 4.69) is 121 Å². The Morgan fingerprint density at radius 3 is 2.06 bits per heavy atom. The van der Waals surface area contributed by atoms with Gasteiger partial charge in [-0.05, 0) is 40.3 Å². The second kappa shape index (κ2) is 9.13. The van der Waals surface area contributed by atoms with Crippen molar-refractivity contribution >= 4 is 38.6 Å². The maximum atomic E-state index is 4.70. The number of fused-ring (bicyclic) bond motifs is 2. The lowest BCUT2D eigenvalue weighted by Crippen LogP contribution is -2.06. The van der Waals surface area contributed by atoms with Crippen molar-refractivity contribution < 1.29 is 0 Å². The van der Waals surface area contributed by atoms with Crippen LogP contribution in [0.3, 0.4) is 0 Å². The molecule has 0 heterocycles. The first-order valence-corrected chi connectivity index (χ1v) is 11.2. The molecule has 0 amide bonds. The van der Waals surface area contributed by atoms with Crippen molar-refractivity contribution in [3.8, 4) is 0 Å². The summed E-state index contributed by atoms with van der Waals surface area (Å²) < 4.78 is 0. The number of rotatable bonds is 5. The molecule has 2 nitrogen and oxygen atoms in total. The molecule has 1 N–H and O–H groups in total. The minimum Gasteiger partial charge on any atom is -0.354 e. The third-order valence-corrected chi connectivity index (χ3v) is 6.07. The van der Waals surface area contributed by atoms with Crippen molar-refractivity contribution in [2.24, 2.45) is 4.99 Å². The Balaban J connectivity index is 1.67. The molecule has 0 saturated heterocycles. The molecule has 5 aromatic rings. The smallest absolute Gasteiger partial charge is 0.0670 e. The first-order chi connectivity index (χ1) is 16.2. The SMILES string of the molecule is CN=C(/C=C(\Nc1c(C)ccc2ccccc12)c1ccccc1)c1cccc2ccccc12. The summed E-state index contributed by atoms with van der Waals surface area (Å²) in [5, 5.41) is 8.61. The molecule has 0 aliphatic rings. The Hall–Kier alpha value is -4.17. The average Bonchev–Trinajstić information content (AvgIpc) is 2.88. The Morgan fingerprint density at radius 2 is 1.30 bits per heavy atom. The van der Waals surface area contributed by atoms with Crippen LogP contribution in [0.4, 0.5) is 5.69 Å². The summed E-state index contributed by atoms with van der Waals surface area (Å²) in [6.45, 7) is 2.15. The van der Waals surface area contributed by atoms with Crippen molar-refractivity contribution in [2.75, 3.05) is 12.4 Å². The summed E-state index contributed by atoms with van der Waals surface area (Å²) in [6, 6.07) is 38.2. The highest BCUT2D eigenvalue weighted by atomic mass is 14.9. The first-order valence-electron chi connectivity index (χ1n) is 11.2. The van der Waals surface area contributed by atoms with Crippen molar-refractivity contribution in [1.82, 2.24) is 0 Å². The fraction of sp³-hybridized carbons (Fsp3) is 0.0645. The number of benzene rings is 5. The molecule has 2 heteroatoms. The maximum absolute atomic E-state index is 4.70. The topological polar surface area (TPSA) is 24.4 Å². The molecular weight excluding hydrogens is 400 g/mol. The van der Waals surface area contributed by atoms with Crippen LogP contribution in [-0.2, 0) is 0 Å². The van der Waals surface area contributed by atoms with Gasteiger partial charge in [0.2, 0.25) is 0 Å².